The second kappa shape index (κ2) is 14.4. The molecule has 224 valence electrons. The molecule has 2 unspecified atom stereocenters. The number of alkyl carbamates (subject to hydrolysis) is 1. The number of amides is 3. The van der Waals surface area contributed by atoms with Gasteiger partial charge in [0.1, 0.15) is 17.7 Å². The summed E-state index contributed by atoms with van der Waals surface area (Å²) in [4.78, 5) is 43.2. The van der Waals surface area contributed by atoms with Gasteiger partial charge in [-0.3, -0.25) is 9.59 Å². The molecule has 0 saturated carbocycles. The number of rotatable bonds is 10. The summed E-state index contributed by atoms with van der Waals surface area (Å²) in [5, 5.41) is 6.20. The SMILES string of the molecule is CCCN(C(=O)C(Cc1ccccc1)NC(=O)OC(C)(C)C)C(C(=O)Nc1c(C)cccc1Cl)c1cccc(C)c1C. The van der Waals surface area contributed by atoms with Crippen molar-refractivity contribution in [3.05, 3.63) is 99.6 Å². The van der Waals surface area contributed by atoms with Crippen LogP contribution in [0.3, 0.4) is 0 Å². The highest BCUT2D eigenvalue weighted by Crippen LogP contribution is 2.31. The first-order valence-corrected chi connectivity index (χ1v) is 14.7. The summed E-state index contributed by atoms with van der Waals surface area (Å²) in [6.07, 6.45) is 0.118. The Bertz CT molecular complexity index is 1380. The number of hydrogen-bond acceptors (Lipinski definition) is 4. The Labute approximate surface area is 254 Å². The number of para-hydroxylation sites is 1. The van der Waals surface area contributed by atoms with Crippen molar-refractivity contribution in [1.29, 1.82) is 0 Å². The highest BCUT2D eigenvalue weighted by Gasteiger charge is 2.37. The van der Waals surface area contributed by atoms with E-state index in [1.807, 2.05) is 88.4 Å². The van der Waals surface area contributed by atoms with Crippen LogP contribution in [0.25, 0.3) is 0 Å². The van der Waals surface area contributed by atoms with E-state index in [9.17, 15) is 14.4 Å². The molecule has 0 aliphatic rings. The average Bonchev–Trinajstić information content (AvgIpc) is 2.91. The second-order valence-electron chi connectivity index (χ2n) is 11.5. The predicted molar refractivity (Wildman–Crippen MR) is 169 cm³/mol. The van der Waals surface area contributed by atoms with Gasteiger partial charge in [-0.2, -0.15) is 0 Å². The summed E-state index contributed by atoms with van der Waals surface area (Å²) >= 11 is 6.48. The van der Waals surface area contributed by atoms with E-state index in [1.165, 1.54) is 0 Å². The van der Waals surface area contributed by atoms with Gasteiger partial charge in [-0.1, -0.05) is 79.2 Å². The largest absolute Gasteiger partial charge is 0.444 e. The van der Waals surface area contributed by atoms with E-state index < -0.39 is 29.7 Å². The number of nitrogens with zero attached hydrogens (tertiary/aromatic N) is 1. The fourth-order valence-corrected chi connectivity index (χ4v) is 5.08. The molecule has 3 aromatic rings. The van der Waals surface area contributed by atoms with Crippen LogP contribution in [0.5, 0.6) is 0 Å². The zero-order valence-electron chi connectivity index (χ0n) is 25.6. The molecule has 0 fully saturated rings. The smallest absolute Gasteiger partial charge is 0.408 e. The van der Waals surface area contributed by atoms with Crippen molar-refractivity contribution in [3.8, 4) is 0 Å². The van der Waals surface area contributed by atoms with E-state index in [0.29, 0.717) is 22.7 Å². The molecule has 3 rings (SSSR count). The predicted octanol–water partition coefficient (Wildman–Crippen LogP) is 7.32. The van der Waals surface area contributed by atoms with Gasteiger partial charge in [0.2, 0.25) is 5.91 Å². The highest BCUT2D eigenvalue weighted by atomic mass is 35.5. The second-order valence-corrected chi connectivity index (χ2v) is 11.9. The van der Waals surface area contributed by atoms with Gasteiger partial charge in [0, 0.05) is 13.0 Å². The van der Waals surface area contributed by atoms with Gasteiger partial charge < -0.3 is 20.3 Å². The Morgan fingerprint density at radius 2 is 1.55 bits per heavy atom. The molecular formula is C34H42ClN3O4. The Balaban J connectivity index is 2.10. The number of carbonyl (C=O) groups is 3. The number of benzene rings is 3. The Hall–Kier alpha value is -3.84. The standard InChI is InChI=1S/C34H42ClN3O4/c1-8-20-38(32(40)28(21-25-16-10-9-11-17-25)36-33(41)42-34(5,6)7)30(26-18-12-14-22(2)24(26)4)31(39)37-29-23(3)15-13-19-27(29)35/h9-19,28,30H,8,20-21H2,1-7H3,(H,36,41)(H,37,39). The quantitative estimate of drug-likeness (QED) is 0.258. The van der Waals surface area contributed by atoms with E-state index in [1.54, 1.807) is 31.7 Å². The van der Waals surface area contributed by atoms with Crippen molar-refractivity contribution in [2.75, 3.05) is 11.9 Å². The van der Waals surface area contributed by atoms with Crippen molar-refractivity contribution in [2.24, 2.45) is 0 Å². The van der Waals surface area contributed by atoms with E-state index >= 15 is 0 Å². The molecule has 3 amide bonds. The van der Waals surface area contributed by atoms with E-state index in [-0.39, 0.29) is 18.9 Å². The van der Waals surface area contributed by atoms with Crippen LogP contribution in [0.1, 0.15) is 68.0 Å². The van der Waals surface area contributed by atoms with Gasteiger partial charge in [0.05, 0.1) is 10.7 Å². The number of aryl methyl sites for hydroxylation is 2. The molecule has 2 atom stereocenters. The minimum absolute atomic E-state index is 0.226. The number of ether oxygens (including phenoxy) is 1. The van der Waals surface area contributed by atoms with E-state index in [0.717, 1.165) is 22.3 Å². The number of anilines is 1. The van der Waals surface area contributed by atoms with Crippen LogP contribution >= 0.6 is 11.6 Å². The lowest BCUT2D eigenvalue weighted by Gasteiger charge is -2.35. The van der Waals surface area contributed by atoms with Crippen molar-refractivity contribution < 1.29 is 19.1 Å². The summed E-state index contributed by atoms with van der Waals surface area (Å²) in [7, 11) is 0. The van der Waals surface area contributed by atoms with Gasteiger partial charge in [-0.25, -0.2) is 4.79 Å². The molecule has 0 aliphatic heterocycles. The maximum absolute atomic E-state index is 14.5. The average molecular weight is 592 g/mol. The highest BCUT2D eigenvalue weighted by molar-refractivity contribution is 6.34. The summed E-state index contributed by atoms with van der Waals surface area (Å²) in [6.45, 7) is 13.3. The summed E-state index contributed by atoms with van der Waals surface area (Å²) in [5.74, 6) is -0.777. The summed E-state index contributed by atoms with van der Waals surface area (Å²) in [6, 6.07) is 18.6. The lowest BCUT2D eigenvalue weighted by atomic mass is 9.94. The fourth-order valence-electron chi connectivity index (χ4n) is 4.81. The van der Waals surface area contributed by atoms with Gasteiger partial charge in [-0.05, 0) is 81.8 Å². The molecule has 0 saturated heterocycles. The minimum Gasteiger partial charge on any atom is -0.444 e. The summed E-state index contributed by atoms with van der Waals surface area (Å²) < 4.78 is 5.51. The molecular weight excluding hydrogens is 550 g/mol. The van der Waals surface area contributed by atoms with Crippen LogP contribution in [0.2, 0.25) is 5.02 Å². The topological polar surface area (TPSA) is 87.7 Å². The molecule has 0 heterocycles. The normalized spacial score (nSPS) is 12.7. The van der Waals surface area contributed by atoms with Crippen molar-refractivity contribution in [1.82, 2.24) is 10.2 Å². The van der Waals surface area contributed by atoms with Crippen molar-refractivity contribution in [3.63, 3.8) is 0 Å². The molecule has 0 spiro atoms. The number of carbonyl (C=O) groups excluding carboxylic acids is 3. The van der Waals surface area contributed by atoms with E-state index in [4.69, 9.17) is 16.3 Å². The zero-order chi connectivity index (χ0) is 31.0. The maximum atomic E-state index is 14.5. The van der Waals surface area contributed by atoms with Crippen LogP contribution in [0, 0.1) is 20.8 Å². The molecule has 0 radical (unpaired) electrons. The van der Waals surface area contributed by atoms with E-state index in [2.05, 4.69) is 10.6 Å². The van der Waals surface area contributed by atoms with Crippen LogP contribution in [-0.4, -0.2) is 41.0 Å². The Morgan fingerprint density at radius 3 is 2.17 bits per heavy atom. The number of nitrogens with one attached hydrogen (secondary N) is 2. The van der Waals surface area contributed by atoms with Crippen molar-refractivity contribution in [2.45, 2.75) is 79.0 Å². The van der Waals surface area contributed by atoms with Crippen LogP contribution < -0.4 is 10.6 Å². The Kier molecular flexibility index (Phi) is 11.2. The molecule has 2 N–H and O–H groups in total. The zero-order valence-corrected chi connectivity index (χ0v) is 26.3. The van der Waals surface area contributed by atoms with Gasteiger partial charge in [0.15, 0.2) is 0 Å². The molecule has 0 aliphatic carbocycles. The van der Waals surface area contributed by atoms with Crippen LogP contribution in [-0.2, 0) is 20.7 Å². The number of halogens is 1. The lowest BCUT2D eigenvalue weighted by Crippen LogP contribution is -2.53. The first kappa shape index (κ1) is 32.7. The molecule has 7 nitrogen and oxygen atoms in total. The molecule has 3 aromatic carbocycles. The molecule has 8 heteroatoms. The van der Waals surface area contributed by atoms with Crippen LogP contribution in [0.15, 0.2) is 66.7 Å². The third-order valence-corrected chi connectivity index (χ3v) is 7.31. The molecule has 0 bridgehead atoms. The maximum Gasteiger partial charge on any atom is 0.408 e. The first-order chi connectivity index (χ1) is 19.8. The Morgan fingerprint density at radius 1 is 0.905 bits per heavy atom. The third kappa shape index (κ3) is 8.58. The number of hydrogen-bond donors (Lipinski definition) is 2. The van der Waals surface area contributed by atoms with Gasteiger partial charge >= 0.3 is 6.09 Å². The summed E-state index contributed by atoms with van der Waals surface area (Å²) in [5.41, 5.74) is 4.02. The first-order valence-electron chi connectivity index (χ1n) is 14.3. The van der Waals surface area contributed by atoms with Crippen LogP contribution in [0.4, 0.5) is 10.5 Å². The molecule has 0 aromatic heterocycles. The fraction of sp³-hybridized carbons (Fsp3) is 0.382. The van der Waals surface area contributed by atoms with Gasteiger partial charge in [-0.15, -0.1) is 0 Å². The van der Waals surface area contributed by atoms with Crippen molar-refractivity contribution >= 4 is 35.2 Å². The monoisotopic (exact) mass is 591 g/mol. The lowest BCUT2D eigenvalue weighted by molar-refractivity contribution is -0.140. The molecule has 42 heavy (non-hydrogen) atoms. The third-order valence-electron chi connectivity index (χ3n) is 6.99. The van der Waals surface area contributed by atoms with Gasteiger partial charge in [0.25, 0.3) is 5.91 Å². The minimum atomic E-state index is -0.980.